The van der Waals surface area contributed by atoms with Crippen LogP contribution in [0.15, 0.2) is 70.5 Å². The Hall–Kier alpha value is -4.01. The smallest absolute Gasteiger partial charge is 0.320 e. The molecule has 2 heterocycles. The van der Waals surface area contributed by atoms with Gasteiger partial charge in [0.1, 0.15) is 0 Å². The number of nitro groups is 1. The molecule has 1 fully saturated rings. The zero-order chi connectivity index (χ0) is 22.9. The van der Waals surface area contributed by atoms with Gasteiger partial charge in [0.2, 0.25) is 0 Å². The van der Waals surface area contributed by atoms with Crippen LogP contribution in [0.1, 0.15) is 43.7 Å². The molecule has 9 nitrogen and oxygen atoms in total. The Balaban J connectivity index is 1.70. The number of non-ortho nitro benzene ring substituents is 1. The summed E-state index contributed by atoms with van der Waals surface area (Å²) in [6.07, 6.45) is 6.23. The summed E-state index contributed by atoms with van der Waals surface area (Å²) in [5, 5.41) is 11.0. The summed E-state index contributed by atoms with van der Waals surface area (Å²) in [5.74, 6) is 0. The van der Waals surface area contributed by atoms with Crippen LogP contribution in [-0.2, 0) is 6.54 Å². The van der Waals surface area contributed by atoms with E-state index < -0.39 is 4.92 Å². The van der Waals surface area contributed by atoms with Crippen LogP contribution in [0.4, 0.5) is 5.69 Å². The number of hydrogen-bond acceptors (Lipinski definition) is 5. The molecule has 0 bridgehead atoms. The molecule has 0 atom stereocenters. The Labute approximate surface area is 188 Å². The lowest BCUT2D eigenvalue weighted by Crippen LogP contribution is -2.43. The molecule has 0 radical (unpaired) electrons. The number of nitrogens with zero attached hydrogens (tertiary/aromatic N) is 5. The van der Waals surface area contributed by atoms with Gasteiger partial charge in [0, 0.05) is 24.7 Å². The van der Waals surface area contributed by atoms with Crippen molar-refractivity contribution in [2.75, 3.05) is 0 Å². The molecule has 0 amide bonds. The zero-order valence-corrected chi connectivity index (χ0v) is 18.0. The predicted octanol–water partition coefficient (Wildman–Crippen LogP) is 3.81. The fourth-order valence-corrected chi connectivity index (χ4v) is 4.66. The Bertz CT molecular complexity index is 1430. The molecular formula is C24H23N5O4. The highest BCUT2D eigenvalue weighted by molar-refractivity contribution is 5.72. The van der Waals surface area contributed by atoms with Gasteiger partial charge in [-0.1, -0.05) is 49.6 Å². The van der Waals surface area contributed by atoms with Crippen molar-refractivity contribution in [2.45, 2.75) is 44.7 Å². The van der Waals surface area contributed by atoms with E-state index in [0.717, 1.165) is 37.7 Å². The van der Waals surface area contributed by atoms with Crippen LogP contribution in [0.5, 0.6) is 0 Å². The summed E-state index contributed by atoms with van der Waals surface area (Å²) in [6.45, 7) is 0.307. The summed E-state index contributed by atoms with van der Waals surface area (Å²) in [5.41, 5.74) is 1.40. The van der Waals surface area contributed by atoms with E-state index >= 15 is 0 Å². The zero-order valence-electron chi connectivity index (χ0n) is 18.0. The lowest BCUT2D eigenvalue weighted by molar-refractivity contribution is -0.384. The van der Waals surface area contributed by atoms with E-state index in [-0.39, 0.29) is 23.0 Å². The van der Waals surface area contributed by atoms with E-state index in [2.05, 4.69) is 4.98 Å². The summed E-state index contributed by atoms with van der Waals surface area (Å²) < 4.78 is 4.64. The first-order chi connectivity index (χ1) is 16.0. The minimum atomic E-state index is -0.447. The van der Waals surface area contributed by atoms with Gasteiger partial charge in [-0.3, -0.25) is 19.5 Å². The lowest BCUT2D eigenvalue weighted by Gasteiger charge is -2.24. The van der Waals surface area contributed by atoms with Crippen LogP contribution in [0.25, 0.3) is 16.9 Å². The summed E-state index contributed by atoms with van der Waals surface area (Å²) in [6, 6.07) is 15.3. The van der Waals surface area contributed by atoms with Gasteiger partial charge in [0.25, 0.3) is 11.2 Å². The number of benzene rings is 2. The Morgan fingerprint density at radius 1 is 0.970 bits per heavy atom. The van der Waals surface area contributed by atoms with E-state index in [1.54, 1.807) is 23.0 Å². The molecule has 5 rings (SSSR count). The fourth-order valence-electron chi connectivity index (χ4n) is 4.66. The third-order valence-electron chi connectivity index (χ3n) is 6.30. The predicted molar refractivity (Wildman–Crippen MR) is 124 cm³/mol. The highest BCUT2D eigenvalue weighted by Crippen LogP contribution is 2.27. The van der Waals surface area contributed by atoms with Crippen molar-refractivity contribution in [2.24, 2.45) is 0 Å². The van der Waals surface area contributed by atoms with E-state index in [9.17, 15) is 19.7 Å². The average molecular weight is 445 g/mol. The second-order valence-electron chi connectivity index (χ2n) is 8.39. The minimum absolute atomic E-state index is 0.00631. The van der Waals surface area contributed by atoms with Crippen LogP contribution in [0.3, 0.4) is 0 Å². The molecule has 1 saturated carbocycles. The Morgan fingerprint density at radius 3 is 2.33 bits per heavy atom. The highest BCUT2D eigenvalue weighted by Gasteiger charge is 2.25. The lowest BCUT2D eigenvalue weighted by atomic mass is 9.95. The molecule has 1 aliphatic carbocycles. The van der Waals surface area contributed by atoms with Crippen LogP contribution in [0, 0.1) is 10.1 Å². The monoisotopic (exact) mass is 445 g/mol. The van der Waals surface area contributed by atoms with Gasteiger partial charge in [0.05, 0.1) is 16.9 Å². The molecule has 0 spiro atoms. The SMILES string of the molecule is O=c1c2c(ncn2Cc2ccc([N+](=O)[O-])cc2)n(-c2ccccc2)c(=O)n1C1CCCCC1. The third-order valence-corrected chi connectivity index (χ3v) is 6.30. The number of fused-ring (bicyclic) bond motifs is 1. The van der Waals surface area contributed by atoms with Crippen LogP contribution in [0.2, 0.25) is 0 Å². The summed E-state index contributed by atoms with van der Waals surface area (Å²) in [4.78, 5) is 42.2. The van der Waals surface area contributed by atoms with Gasteiger partial charge < -0.3 is 4.57 Å². The minimum Gasteiger partial charge on any atom is -0.320 e. The van der Waals surface area contributed by atoms with Crippen LogP contribution < -0.4 is 11.2 Å². The Kier molecular flexibility index (Phi) is 5.37. The summed E-state index contributed by atoms with van der Waals surface area (Å²) in [7, 11) is 0. The van der Waals surface area contributed by atoms with Gasteiger partial charge in [-0.15, -0.1) is 0 Å². The van der Waals surface area contributed by atoms with E-state index in [0.29, 0.717) is 23.4 Å². The number of imidazole rings is 1. The molecule has 0 unspecified atom stereocenters. The van der Waals surface area contributed by atoms with Crippen molar-refractivity contribution in [3.8, 4) is 5.69 Å². The molecule has 33 heavy (non-hydrogen) atoms. The Morgan fingerprint density at radius 2 is 1.67 bits per heavy atom. The normalized spacial score (nSPS) is 14.5. The van der Waals surface area contributed by atoms with E-state index in [1.165, 1.54) is 21.3 Å². The van der Waals surface area contributed by atoms with Crippen LogP contribution in [-0.4, -0.2) is 23.6 Å². The van der Waals surface area contributed by atoms with E-state index in [1.807, 2.05) is 30.3 Å². The second-order valence-corrected chi connectivity index (χ2v) is 8.39. The number of aromatic nitrogens is 4. The second kappa shape index (κ2) is 8.50. The molecule has 4 aromatic rings. The number of hydrogen-bond donors (Lipinski definition) is 0. The van der Waals surface area contributed by atoms with E-state index in [4.69, 9.17) is 0 Å². The topological polar surface area (TPSA) is 105 Å². The van der Waals surface area contributed by atoms with Gasteiger partial charge >= 0.3 is 5.69 Å². The molecule has 9 heteroatoms. The maximum absolute atomic E-state index is 13.6. The van der Waals surface area contributed by atoms with Gasteiger partial charge in [0.15, 0.2) is 11.2 Å². The van der Waals surface area contributed by atoms with Gasteiger partial charge in [-0.25, -0.2) is 14.3 Å². The number of para-hydroxylation sites is 1. The molecule has 168 valence electrons. The molecule has 0 saturated heterocycles. The first-order valence-corrected chi connectivity index (χ1v) is 11.1. The quantitative estimate of drug-likeness (QED) is 0.343. The standard InChI is InChI=1S/C24H23N5O4/c30-23-21-22(25-16-26(21)15-17-11-13-20(14-12-17)29(32)33)27(18-7-3-1-4-8-18)24(31)28(23)19-9-5-2-6-10-19/h1,3-4,7-8,11-14,16,19H,2,5-6,9-10,15H2. The van der Waals surface area contributed by atoms with Crippen molar-refractivity contribution in [3.63, 3.8) is 0 Å². The van der Waals surface area contributed by atoms with Crippen molar-refractivity contribution in [1.82, 2.24) is 18.7 Å². The molecular weight excluding hydrogens is 422 g/mol. The summed E-state index contributed by atoms with van der Waals surface area (Å²) >= 11 is 0. The third kappa shape index (κ3) is 3.75. The van der Waals surface area contributed by atoms with Gasteiger partial charge in [-0.05, 0) is 30.5 Å². The average Bonchev–Trinajstić information content (AvgIpc) is 3.24. The fraction of sp³-hybridized carbons (Fsp3) is 0.292. The first kappa shape index (κ1) is 20.9. The highest BCUT2D eigenvalue weighted by atomic mass is 16.6. The molecule has 0 N–H and O–H groups in total. The van der Waals surface area contributed by atoms with Gasteiger partial charge in [-0.2, -0.15) is 0 Å². The van der Waals surface area contributed by atoms with Crippen molar-refractivity contribution in [3.05, 3.63) is 97.4 Å². The van der Waals surface area contributed by atoms with Crippen molar-refractivity contribution in [1.29, 1.82) is 0 Å². The largest absolute Gasteiger partial charge is 0.337 e. The number of rotatable bonds is 5. The maximum Gasteiger partial charge on any atom is 0.337 e. The van der Waals surface area contributed by atoms with Crippen LogP contribution >= 0.6 is 0 Å². The van der Waals surface area contributed by atoms with Crippen molar-refractivity contribution < 1.29 is 4.92 Å². The van der Waals surface area contributed by atoms with Crippen molar-refractivity contribution >= 4 is 16.9 Å². The first-order valence-electron chi connectivity index (χ1n) is 11.1. The molecule has 0 aliphatic heterocycles. The molecule has 2 aromatic carbocycles. The maximum atomic E-state index is 13.6. The molecule has 1 aliphatic rings. The molecule has 2 aromatic heterocycles. The number of nitro benzene ring substituents is 1.